The SMILES string of the molecule is COc1ccc(CC(=O)N2CCN(C(=O)c3ccccc3C)CC2)cc1F. The molecule has 1 fully saturated rings. The van der Waals surface area contributed by atoms with Gasteiger partial charge in [-0.3, -0.25) is 9.59 Å². The van der Waals surface area contributed by atoms with E-state index in [1.54, 1.807) is 15.9 Å². The molecule has 2 aromatic carbocycles. The van der Waals surface area contributed by atoms with Crippen molar-refractivity contribution in [3.63, 3.8) is 0 Å². The summed E-state index contributed by atoms with van der Waals surface area (Å²) in [6, 6.07) is 12.1. The summed E-state index contributed by atoms with van der Waals surface area (Å²) in [7, 11) is 1.40. The number of aryl methyl sites for hydroxylation is 1. The van der Waals surface area contributed by atoms with Gasteiger partial charge in [-0.1, -0.05) is 24.3 Å². The number of benzene rings is 2. The molecule has 0 radical (unpaired) electrons. The van der Waals surface area contributed by atoms with Crippen LogP contribution in [0.5, 0.6) is 5.75 Å². The number of amides is 2. The molecule has 1 aliphatic heterocycles. The fraction of sp³-hybridized carbons (Fsp3) is 0.333. The van der Waals surface area contributed by atoms with Crippen LogP contribution in [-0.2, 0) is 11.2 Å². The zero-order valence-corrected chi connectivity index (χ0v) is 15.6. The van der Waals surface area contributed by atoms with Crippen LogP contribution in [0.2, 0.25) is 0 Å². The van der Waals surface area contributed by atoms with Crippen LogP contribution in [0.25, 0.3) is 0 Å². The number of ether oxygens (including phenoxy) is 1. The fourth-order valence-electron chi connectivity index (χ4n) is 3.25. The Morgan fingerprint density at radius 3 is 2.33 bits per heavy atom. The molecule has 1 heterocycles. The minimum atomic E-state index is -0.476. The van der Waals surface area contributed by atoms with Crippen LogP contribution in [0.4, 0.5) is 4.39 Å². The van der Waals surface area contributed by atoms with Gasteiger partial charge in [-0.05, 0) is 36.2 Å². The summed E-state index contributed by atoms with van der Waals surface area (Å²) in [5.74, 6) is -0.383. The van der Waals surface area contributed by atoms with Crippen molar-refractivity contribution in [3.8, 4) is 5.75 Å². The average molecular weight is 370 g/mol. The third kappa shape index (κ3) is 4.27. The first-order valence-corrected chi connectivity index (χ1v) is 8.94. The van der Waals surface area contributed by atoms with Gasteiger partial charge in [-0.25, -0.2) is 4.39 Å². The van der Waals surface area contributed by atoms with E-state index < -0.39 is 5.82 Å². The van der Waals surface area contributed by atoms with Crippen molar-refractivity contribution in [2.45, 2.75) is 13.3 Å². The second-order valence-electron chi connectivity index (χ2n) is 6.63. The molecule has 3 rings (SSSR count). The maximum Gasteiger partial charge on any atom is 0.254 e. The van der Waals surface area contributed by atoms with Gasteiger partial charge >= 0.3 is 0 Å². The van der Waals surface area contributed by atoms with E-state index in [0.717, 1.165) is 5.56 Å². The standard InChI is InChI=1S/C21H23FN2O3/c1-15-5-3-4-6-17(15)21(26)24-11-9-23(10-12-24)20(25)14-16-7-8-19(27-2)18(22)13-16/h3-8,13H,9-12,14H2,1-2H3. The Bertz CT molecular complexity index is 845. The van der Waals surface area contributed by atoms with Gasteiger partial charge in [-0.15, -0.1) is 0 Å². The van der Waals surface area contributed by atoms with Gasteiger partial charge < -0.3 is 14.5 Å². The van der Waals surface area contributed by atoms with Crippen LogP contribution in [0.3, 0.4) is 0 Å². The lowest BCUT2D eigenvalue weighted by Gasteiger charge is -2.35. The topological polar surface area (TPSA) is 49.9 Å². The number of carbonyl (C=O) groups excluding carboxylic acids is 2. The Balaban J connectivity index is 1.57. The molecule has 0 bridgehead atoms. The molecule has 27 heavy (non-hydrogen) atoms. The second-order valence-corrected chi connectivity index (χ2v) is 6.63. The largest absolute Gasteiger partial charge is 0.494 e. The lowest BCUT2D eigenvalue weighted by atomic mass is 10.1. The molecule has 0 aliphatic carbocycles. The van der Waals surface area contributed by atoms with Gasteiger partial charge in [0.2, 0.25) is 5.91 Å². The van der Waals surface area contributed by atoms with Crippen molar-refractivity contribution in [1.82, 2.24) is 9.80 Å². The molecule has 6 heteroatoms. The van der Waals surface area contributed by atoms with Crippen LogP contribution >= 0.6 is 0 Å². The van der Waals surface area contributed by atoms with Crippen LogP contribution in [-0.4, -0.2) is 54.9 Å². The number of hydrogen-bond donors (Lipinski definition) is 0. The lowest BCUT2D eigenvalue weighted by Crippen LogP contribution is -2.51. The van der Waals surface area contributed by atoms with E-state index in [1.165, 1.54) is 19.2 Å². The van der Waals surface area contributed by atoms with Crippen molar-refractivity contribution in [3.05, 3.63) is 65.0 Å². The van der Waals surface area contributed by atoms with Crippen molar-refractivity contribution in [2.75, 3.05) is 33.3 Å². The predicted octanol–water partition coefficient (Wildman–Crippen LogP) is 2.67. The van der Waals surface area contributed by atoms with E-state index >= 15 is 0 Å². The van der Waals surface area contributed by atoms with E-state index in [9.17, 15) is 14.0 Å². The fourth-order valence-corrected chi connectivity index (χ4v) is 3.25. The van der Waals surface area contributed by atoms with Crippen LogP contribution in [0.15, 0.2) is 42.5 Å². The Kier molecular flexibility index (Phi) is 5.74. The molecule has 0 aromatic heterocycles. The number of carbonyl (C=O) groups is 2. The molecule has 0 N–H and O–H groups in total. The summed E-state index contributed by atoms with van der Waals surface area (Å²) in [6.07, 6.45) is 0.132. The summed E-state index contributed by atoms with van der Waals surface area (Å²) in [5.41, 5.74) is 2.25. The Morgan fingerprint density at radius 1 is 1.04 bits per heavy atom. The van der Waals surface area contributed by atoms with Crippen molar-refractivity contribution >= 4 is 11.8 Å². The summed E-state index contributed by atoms with van der Waals surface area (Å²) in [4.78, 5) is 28.7. The first kappa shape index (κ1) is 18.9. The number of piperazine rings is 1. The first-order chi connectivity index (χ1) is 13.0. The molecular weight excluding hydrogens is 347 g/mol. The maximum atomic E-state index is 13.8. The summed E-state index contributed by atoms with van der Waals surface area (Å²) >= 11 is 0. The zero-order chi connectivity index (χ0) is 19.4. The number of hydrogen-bond acceptors (Lipinski definition) is 3. The third-order valence-electron chi connectivity index (χ3n) is 4.87. The van der Waals surface area contributed by atoms with Gasteiger partial charge in [0.15, 0.2) is 11.6 Å². The van der Waals surface area contributed by atoms with E-state index in [1.807, 2.05) is 31.2 Å². The minimum absolute atomic E-state index is 0.00238. The number of halogens is 1. The third-order valence-corrected chi connectivity index (χ3v) is 4.87. The summed E-state index contributed by atoms with van der Waals surface area (Å²) in [6.45, 7) is 3.87. The first-order valence-electron chi connectivity index (χ1n) is 8.94. The molecule has 5 nitrogen and oxygen atoms in total. The number of methoxy groups -OCH3 is 1. The van der Waals surface area contributed by atoms with E-state index in [-0.39, 0.29) is 24.0 Å². The molecule has 142 valence electrons. The van der Waals surface area contributed by atoms with Crippen molar-refractivity contribution < 1.29 is 18.7 Å². The maximum absolute atomic E-state index is 13.8. The van der Waals surface area contributed by atoms with E-state index in [0.29, 0.717) is 37.3 Å². The van der Waals surface area contributed by atoms with E-state index in [2.05, 4.69) is 0 Å². The Hall–Kier alpha value is -2.89. The van der Waals surface area contributed by atoms with Crippen molar-refractivity contribution in [1.29, 1.82) is 0 Å². The van der Waals surface area contributed by atoms with Gasteiger partial charge in [0.05, 0.1) is 13.5 Å². The zero-order valence-electron chi connectivity index (χ0n) is 15.6. The summed E-state index contributed by atoms with van der Waals surface area (Å²) in [5, 5.41) is 0. The number of rotatable bonds is 4. The van der Waals surface area contributed by atoms with Gasteiger partial charge in [-0.2, -0.15) is 0 Å². The molecule has 2 aromatic rings. The highest BCUT2D eigenvalue weighted by Gasteiger charge is 2.25. The van der Waals surface area contributed by atoms with Gasteiger partial charge in [0.25, 0.3) is 5.91 Å². The molecule has 1 aliphatic rings. The van der Waals surface area contributed by atoms with Gasteiger partial charge in [0, 0.05) is 31.7 Å². The van der Waals surface area contributed by atoms with Gasteiger partial charge in [0.1, 0.15) is 0 Å². The highest BCUT2D eigenvalue weighted by Crippen LogP contribution is 2.19. The number of nitrogens with zero attached hydrogens (tertiary/aromatic N) is 2. The normalized spacial score (nSPS) is 14.2. The molecule has 2 amide bonds. The Morgan fingerprint density at radius 2 is 1.70 bits per heavy atom. The minimum Gasteiger partial charge on any atom is -0.494 e. The molecule has 0 spiro atoms. The quantitative estimate of drug-likeness (QED) is 0.831. The van der Waals surface area contributed by atoms with Crippen LogP contribution < -0.4 is 4.74 Å². The predicted molar refractivity (Wildman–Crippen MR) is 100 cm³/mol. The second kappa shape index (κ2) is 8.20. The smallest absolute Gasteiger partial charge is 0.254 e. The molecule has 0 unspecified atom stereocenters. The highest BCUT2D eigenvalue weighted by molar-refractivity contribution is 5.95. The average Bonchev–Trinajstić information content (AvgIpc) is 2.68. The van der Waals surface area contributed by atoms with Crippen molar-refractivity contribution in [2.24, 2.45) is 0 Å². The molecule has 0 atom stereocenters. The van der Waals surface area contributed by atoms with Crippen LogP contribution in [0.1, 0.15) is 21.5 Å². The van der Waals surface area contributed by atoms with E-state index in [4.69, 9.17) is 4.74 Å². The molecular formula is C21H23FN2O3. The highest BCUT2D eigenvalue weighted by atomic mass is 19.1. The molecule has 0 saturated carbocycles. The molecule has 1 saturated heterocycles. The Labute approximate surface area is 158 Å². The monoisotopic (exact) mass is 370 g/mol. The van der Waals surface area contributed by atoms with Crippen LogP contribution in [0, 0.1) is 12.7 Å². The lowest BCUT2D eigenvalue weighted by molar-refractivity contribution is -0.131. The summed E-state index contributed by atoms with van der Waals surface area (Å²) < 4.78 is 18.7.